The minimum Gasteiger partial charge on any atom is -0.497 e. The molecule has 0 fully saturated rings. The summed E-state index contributed by atoms with van der Waals surface area (Å²) in [6.45, 7) is 1.59. The lowest BCUT2D eigenvalue weighted by atomic mass is 10.2. The molecule has 0 spiro atoms. The fourth-order valence-electron chi connectivity index (χ4n) is 3.44. The number of fused-ring (bicyclic) bond motifs is 1. The summed E-state index contributed by atoms with van der Waals surface area (Å²) in [5, 5.41) is 0.609. The summed E-state index contributed by atoms with van der Waals surface area (Å²) >= 11 is 0. The fourth-order valence-corrected chi connectivity index (χ4v) is 3.44. The van der Waals surface area contributed by atoms with E-state index in [4.69, 9.17) is 14.1 Å². The van der Waals surface area contributed by atoms with Gasteiger partial charge >= 0.3 is 0 Å². The van der Waals surface area contributed by atoms with Crippen LogP contribution in [0.5, 0.6) is 5.75 Å². The first-order valence-electron chi connectivity index (χ1n) is 9.46. The van der Waals surface area contributed by atoms with E-state index in [1.165, 1.54) is 0 Å². The summed E-state index contributed by atoms with van der Waals surface area (Å²) in [4.78, 5) is 20.1. The molecule has 2 aromatic heterocycles. The lowest BCUT2D eigenvalue weighted by molar-refractivity contribution is 0.302. The summed E-state index contributed by atoms with van der Waals surface area (Å²) in [5.74, 6) is 2.26. The quantitative estimate of drug-likeness (QED) is 0.483. The van der Waals surface area contributed by atoms with Crippen molar-refractivity contribution in [1.82, 2.24) is 14.5 Å². The van der Waals surface area contributed by atoms with E-state index >= 15 is 0 Å². The van der Waals surface area contributed by atoms with Crippen molar-refractivity contribution in [3.8, 4) is 5.75 Å². The van der Waals surface area contributed by atoms with Crippen molar-refractivity contribution in [2.24, 2.45) is 0 Å². The Morgan fingerprint density at radius 2 is 1.93 bits per heavy atom. The number of aromatic nitrogens is 2. The number of nitrogens with zero attached hydrogens (tertiary/aromatic N) is 3. The Hall–Kier alpha value is -3.38. The van der Waals surface area contributed by atoms with Gasteiger partial charge in [0, 0.05) is 6.54 Å². The molecule has 0 aliphatic carbocycles. The van der Waals surface area contributed by atoms with Crippen molar-refractivity contribution < 1.29 is 9.15 Å². The van der Waals surface area contributed by atoms with Crippen LogP contribution in [-0.4, -0.2) is 28.6 Å². The van der Waals surface area contributed by atoms with Gasteiger partial charge in [0.15, 0.2) is 0 Å². The van der Waals surface area contributed by atoms with E-state index in [1.54, 1.807) is 17.9 Å². The third kappa shape index (κ3) is 4.22. The van der Waals surface area contributed by atoms with E-state index in [0.717, 1.165) is 17.1 Å². The SMILES string of the molecule is COc1cccc(CN(C)Cc2nc3ccccc3c(=O)n2Cc2ccco2)c1. The average molecular weight is 389 g/mol. The van der Waals surface area contributed by atoms with Crippen LogP contribution < -0.4 is 10.3 Å². The Kier molecular flexibility index (Phi) is 5.44. The summed E-state index contributed by atoms with van der Waals surface area (Å²) in [7, 11) is 3.67. The molecule has 6 nitrogen and oxygen atoms in total. The Morgan fingerprint density at radius 3 is 2.72 bits per heavy atom. The van der Waals surface area contributed by atoms with Gasteiger partial charge in [-0.05, 0) is 49.0 Å². The molecule has 4 rings (SSSR count). The molecule has 2 heterocycles. The maximum atomic E-state index is 13.1. The molecule has 29 heavy (non-hydrogen) atoms. The number of benzene rings is 2. The van der Waals surface area contributed by atoms with Gasteiger partial charge < -0.3 is 9.15 Å². The molecule has 0 amide bonds. The predicted molar refractivity (Wildman–Crippen MR) is 112 cm³/mol. The molecule has 0 atom stereocenters. The van der Waals surface area contributed by atoms with Crippen molar-refractivity contribution in [3.63, 3.8) is 0 Å². The van der Waals surface area contributed by atoms with Gasteiger partial charge in [-0.25, -0.2) is 4.98 Å². The van der Waals surface area contributed by atoms with Crippen LogP contribution in [0.2, 0.25) is 0 Å². The first kappa shape index (κ1) is 19.0. The van der Waals surface area contributed by atoms with Gasteiger partial charge in [-0.3, -0.25) is 14.3 Å². The first-order chi connectivity index (χ1) is 14.1. The first-order valence-corrected chi connectivity index (χ1v) is 9.46. The molecule has 0 saturated carbocycles. The zero-order valence-electron chi connectivity index (χ0n) is 16.5. The maximum absolute atomic E-state index is 13.1. The second-order valence-corrected chi connectivity index (χ2v) is 7.04. The highest BCUT2D eigenvalue weighted by atomic mass is 16.5. The van der Waals surface area contributed by atoms with Crippen LogP contribution in [0.4, 0.5) is 0 Å². The zero-order chi connectivity index (χ0) is 20.2. The van der Waals surface area contributed by atoms with Crippen molar-refractivity contribution in [2.45, 2.75) is 19.6 Å². The number of rotatable bonds is 7. The van der Waals surface area contributed by atoms with Crippen LogP contribution in [0.1, 0.15) is 17.1 Å². The summed E-state index contributed by atoms with van der Waals surface area (Å²) < 4.78 is 12.5. The van der Waals surface area contributed by atoms with Crippen molar-refractivity contribution in [1.29, 1.82) is 0 Å². The molecule has 4 aromatic rings. The van der Waals surface area contributed by atoms with Crippen LogP contribution in [0.25, 0.3) is 10.9 Å². The molecule has 0 aliphatic rings. The van der Waals surface area contributed by atoms with Gasteiger partial charge in [0.2, 0.25) is 0 Å². The third-order valence-corrected chi connectivity index (χ3v) is 4.83. The van der Waals surface area contributed by atoms with Crippen molar-refractivity contribution in [3.05, 3.63) is 94.4 Å². The van der Waals surface area contributed by atoms with E-state index in [2.05, 4.69) is 11.0 Å². The van der Waals surface area contributed by atoms with E-state index in [1.807, 2.05) is 61.6 Å². The average Bonchev–Trinajstić information content (AvgIpc) is 3.24. The van der Waals surface area contributed by atoms with Crippen molar-refractivity contribution in [2.75, 3.05) is 14.2 Å². The highest BCUT2D eigenvalue weighted by Crippen LogP contribution is 2.16. The summed E-state index contributed by atoms with van der Waals surface area (Å²) in [6, 6.07) is 19.1. The van der Waals surface area contributed by atoms with E-state index < -0.39 is 0 Å². The lowest BCUT2D eigenvalue weighted by Gasteiger charge is -2.20. The topological polar surface area (TPSA) is 60.5 Å². The van der Waals surface area contributed by atoms with Crippen molar-refractivity contribution >= 4 is 10.9 Å². The highest BCUT2D eigenvalue weighted by molar-refractivity contribution is 5.77. The van der Waals surface area contributed by atoms with E-state index in [9.17, 15) is 4.79 Å². The van der Waals surface area contributed by atoms with Gasteiger partial charge in [0.05, 0.1) is 37.4 Å². The Bertz CT molecular complexity index is 1170. The number of furan rings is 1. The molecule has 0 saturated heterocycles. The van der Waals surface area contributed by atoms with Gasteiger partial charge in [0.1, 0.15) is 17.3 Å². The third-order valence-electron chi connectivity index (χ3n) is 4.83. The number of methoxy groups -OCH3 is 1. The molecule has 0 radical (unpaired) electrons. The zero-order valence-corrected chi connectivity index (χ0v) is 16.5. The standard InChI is InChI=1S/C23H23N3O3/c1-25(14-17-7-5-8-18(13-17)28-2)16-22-24-21-11-4-3-10-20(21)23(27)26(22)15-19-9-6-12-29-19/h3-13H,14-16H2,1-2H3. The van der Waals surface area contributed by atoms with Crippen LogP contribution >= 0.6 is 0 Å². The minimum atomic E-state index is -0.0585. The molecule has 2 aromatic carbocycles. The highest BCUT2D eigenvalue weighted by Gasteiger charge is 2.14. The molecule has 6 heteroatoms. The van der Waals surface area contributed by atoms with Crippen LogP contribution in [0, 0.1) is 0 Å². The van der Waals surface area contributed by atoms with E-state index in [0.29, 0.717) is 36.4 Å². The van der Waals surface area contributed by atoms with Crippen LogP contribution in [0.15, 0.2) is 76.1 Å². The van der Waals surface area contributed by atoms with Gasteiger partial charge in [-0.1, -0.05) is 24.3 Å². The molecule has 0 aliphatic heterocycles. The van der Waals surface area contributed by atoms with Gasteiger partial charge in [-0.15, -0.1) is 0 Å². The normalized spacial score (nSPS) is 11.3. The van der Waals surface area contributed by atoms with Crippen LogP contribution in [0.3, 0.4) is 0 Å². The predicted octanol–water partition coefficient (Wildman–Crippen LogP) is 3.68. The molecule has 0 bridgehead atoms. The molecular weight excluding hydrogens is 366 g/mol. The Labute approximate surface area is 169 Å². The molecule has 0 unspecified atom stereocenters. The minimum absolute atomic E-state index is 0.0585. The van der Waals surface area contributed by atoms with Gasteiger partial charge in [-0.2, -0.15) is 0 Å². The molecule has 148 valence electrons. The Morgan fingerprint density at radius 1 is 1.07 bits per heavy atom. The number of hydrogen-bond acceptors (Lipinski definition) is 5. The second-order valence-electron chi connectivity index (χ2n) is 7.04. The second kappa shape index (κ2) is 8.32. The smallest absolute Gasteiger partial charge is 0.261 e. The van der Waals surface area contributed by atoms with Crippen LogP contribution in [-0.2, 0) is 19.6 Å². The van der Waals surface area contributed by atoms with E-state index in [-0.39, 0.29) is 5.56 Å². The lowest BCUT2D eigenvalue weighted by Crippen LogP contribution is -2.29. The molecular formula is C23H23N3O3. The Balaban J connectivity index is 1.66. The number of ether oxygens (including phenoxy) is 1. The van der Waals surface area contributed by atoms with Gasteiger partial charge in [0.25, 0.3) is 5.56 Å². The number of hydrogen-bond donors (Lipinski definition) is 0. The largest absolute Gasteiger partial charge is 0.497 e. The molecule has 0 N–H and O–H groups in total. The number of para-hydroxylation sites is 1. The summed E-state index contributed by atoms with van der Waals surface area (Å²) in [6.07, 6.45) is 1.61. The monoisotopic (exact) mass is 389 g/mol. The summed E-state index contributed by atoms with van der Waals surface area (Å²) in [5.41, 5.74) is 1.78. The maximum Gasteiger partial charge on any atom is 0.261 e. The fraction of sp³-hybridized carbons (Fsp3) is 0.217.